The van der Waals surface area contributed by atoms with Gasteiger partial charge in [-0.25, -0.2) is 0 Å². The van der Waals surface area contributed by atoms with E-state index in [0.717, 1.165) is 31.5 Å². The lowest BCUT2D eigenvalue weighted by Crippen LogP contribution is -2.36. The molecule has 0 aromatic carbocycles. The summed E-state index contributed by atoms with van der Waals surface area (Å²) < 4.78 is 10.6. The number of hydrogen-bond acceptors (Lipinski definition) is 4. The van der Waals surface area contributed by atoms with E-state index in [2.05, 4.69) is 18.7 Å². The number of ether oxygens (including phenoxy) is 2. The van der Waals surface area contributed by atoms with E-state index in [4.69, 9.17) is 9.47 Å². The molecule has 0 aliphatic carbocycles. The van der Waals surface area contributed by atoms with Crippen molar-refractivity contribution in [3.8, 4) is 0 Å². The van der Waals surface area contributed by atoms with Crippen LogP contribution >= 0.6 is 0 Å². The molecular weight excluding hydrogens is 254 g/mol. The molecule has 120 valence electrons. The Bertz CT molecular complexity index is 248. The largest absolute Gasteiger partial charge is 0.389 e. The van der Waals surface area contributed by atoms with Crippen LogP contribution in [0.3, 0.4) is 0 Å². The summed E-state index contributed by atoms with van der Waals surface area (Å²) in [5.41, 5.74) is 0. The number of β-amino-alcohol motifs (C(OH)–C–C–N with tert-alkyl or cyclic N) is 1. The minimum absolute atomic E-state index is 0.0455. The van der Waals surface area contributed by atoms with Crippen molar-refractivity contribution >= 4 is 0 Å². The van der Waals surface area contributed by atoms with Crippen molar-refractivity contribution in [2.75, 3.05) is 40.0 Å². The second-order valence-corrected chi connectivity index (χ2v) is 6.49. The quantitative estimate of drug-likeness (QED) is 0.743. The van der Waals surface area contributed by atoms with Gasteiger partial charge in [0.1, 0.15) is 0 Å². The zero-order valence-corrected chi connectivity index (χ0v) is 13.7. The van der Waals surface area contributed by atoms with Gasteiger partial charge in [0, 0.05) is 13.7 Å². The van der Waals surface area contributed by atoms with E-state index in [0.29, 0.717) is 13.2 Å². The maximum atomic E-state index is 10.1. The predicted octanol–water partition coefficient (Wildman–Crippen LogP) is 2.16. The molecule has 1 saturated heterocycles. The Balaban J connectivity index is 2.23. The average Bonchev–Trinajstić information content (AvgIpc) is 2.62. The van der Waals surface area contributed by atoms with Crippen LogP contribution in [-0.2, 0) is 9.47 Å². The standard InChI is InChI=1S/C16H33NO3/c1-13(2)15-6-5-8-17(9-7-15)10-16(18)12-20-14(3)11-19-4/h13-16,18H,5-12H2,1-4H3. The van der Waals surface area contributed by atoms with Crippen LogP contribution in [-0.4, -0.2) is 62.2 Å². The van der Waals surface area contributed by atoms with Crippen LogP contribution in [0, 0.1) is 11.8 Å². The van der Waals surface area contributed by atoms with Crippen molar-refractivity contribution < 1.29 is 14.6 Å². The van der Waals surface area contributed by atoms with Crippen LogP contribution in [0.4, 0.5) is 0 Å². The van der Waals surface area contributed by atoms with Gasteiger partial charge in [-0.05, 0) is 51.1 Å². The molecule has 0 amide bonds. The molecule has 1 N–H and O–H groups in total. The van der Waals surface area contributed by atoms with Crippen molar-refractivity contribution in [1.29, 1.82) is 0 Å². The summed E-state index contributed by atoms with van der Waals surface area (Å²) in [6, 6.07) is 0. The maximum absolute atomic E-state index is 10.1. The first-order valence-electron chi connectivity index (χ1n) is 8.03. The number of rotatable bonds is 8. The Morgan fingerprint density at radius 1 is 1.15 bits per heavy atom. The fraction of sp³-hybridized carbons (Fsp3) is 1.00. The molecule has 0 saturated carbocycles. The van der Waals surface area contributed by atoms with E-state index in [-0.39, 0.29) is 6.10 Å². The van der Waals surface area contributed by atoms with Gasteiger partial charge in [0.2, 0.25) is 0 Å². The predicted molar refractivity (Wildman–Crippen MR) is 81.9 cm³/mol. The minimum Gasteiger partial charge on any atom is -0.389 e. The summed E-state index contributed by atoms with van der Waals surface area (Å²) in [5.74, 6) is 1.62. The molecular formula is C16H33NO3. The summed E-state index contributed by atoms with van der Waals surface area (Å²) in [4.78, 5) is 2.39. The number of methoxy groups -OCH3 is 1. The molecule has 1 aliphatic heterocycles. The Labute approximate surface area is 124 Å². The third-order valence-electron chi connectivity index (χ3n) is 4.25. The molecule has 4 heteroatoms. The highest BCUT2D eigenvalue weighted by atomic mass is 16.5. The summed E-state index contributed by atoms with van der Waals surface area (Å²) in [7, 11) is 1.67. The van der Waals surface area contributed by atoms with Crippen LogP contribution in [0.1, 0.15) is 40.0 Å². The second-order valence-electron chi connectivity index (χ2n) is 6.49. The Kier molecular flexibility index (Phi) is 8.69. The van der Waals surface area contributed by atoms with E-state index in [1.807, 2.05) is 6.92 Å². The summed E-state index contributed by atoms with van der Waals surface area (Å²) >= 11 is 0. The van der Waals surface area contributed by atoms with E-state index >= 15 is 0 Å². The van der Waals surface area contributed by atoms with Crippen LogP contribution in [0.15, 0.2) is 0 Å². The molecule has 0 radical (unpaired) electrons. The van der Waals surface area contributed by atoms with Gasteiger partial charge in [0.05, 0.1) is 25.4 Å². The number of nitrogens with zero attached hydrogens (tertiary/aromatic N) is 1. The first-order valence-corrected chi connectivity index (χ1v) is 8.03. The zero-order chi connectivity index (χ0) is 15.0. The molecule has 0 aromatic rings. The van der Waals surface area contributed by atoms with E-state index in [9.17, 15) is 5.11 Å². The summed E-state index contributed by atoms with van der Waals surface area (Å²) in [5, 5.41) is 10.1. The van der Waals surface area contributed by atoms with Crippen molar-refractivity contribution in [3.05, 3.63) is 0 Å². The number of aliphatic hydroxyl groups is 1. The molecule has 4 nitrogen and oxygen atoms in total. The van der Waals surface area contributed by atoms with Crippen LogP contribution < -0.4 is 0 Å². The number of hydrogen-bond donors (Lipinski definition) is 1. The minimum atomic E-state index is -0.398. The summed E-state index contributed by atoms with van der Waals surface area (Å²) in [6.07, 6.45) is 3.47. The Hall–Kier alpha value is -0.160. The highest BCUT2D eigenvalue weighted by Gasteiger charge is 2.21. The van der Waals surface area contributed by atoms with Crippen molar-refractivity contribution in [2.24, 2.45) is 11.8 Å². The third-order valence-corrected chi connectivity index (χ3v) is 4.25. The molecule has 3 unspecified atom stereocenters. The molecule has 3 atom stereocenters. The van der Waals surface area contributed by atoms with Gasteiger partial charge in [-0.15, -0.1) is 0 Å². The number of aliphatic hydroxyl groups excluding tert-OH is 1. The van der Waals surface area contributed by atoms with Gasteiger partial charge in [-0.2, -0.15) is 0 Å². The van der Waals surface area contributed by atoms with Gasteiger partial charge >= 0.3 is 0 Å². The molecule has 0 spiro atoms. The topological polar surface area (TPSA) is 41.9 Å². The first-order chi connectivity index (χ1) is 9.52. The second kappa shape index (κ2) is 9.72. The van der Waals surface area contributed by atoms with Gasteiger partial charge in [-0.3, -0.25) is 0 Å². The molecule has 20 heavy (non-hydrogen) atoms. The normalized spacial score (nSPS) is 24.6. The Morgan fingerprint density at radius 2 is 1.90 bits per heavy atom. The lowest BCUT2D eigenvalue weighted by Gasteiger charge is -2.24. The zero-order valence-electron chi connectivity index (χ0n) is 13.7. The highest BCUT2D eigenvalue weighted by molar-refractivity contribution is 4.74. The van der Waals surface area contributed by atoms with Gasteiger partial charge in [0.25, 0.3) is 0 Å². The molecule has 1 fully saturated rings. The first kappa shape index (κ1) is 17.9. The lowest BCUT2D eigenvalue weighted by molar-refractivity contribution is -0.0395. The van der Waals surface area contributed by atoms with Crippen molar-refractivity contribution in [3.63, 3.8) is 0 Å². The smallest absolute Gasteiger partial charge is 0.0900 e. The Morgan fingerprint density at radius 3 is 2.55 bits per heavy atom. The van der Waals surface area contributed by atoms with E-state index in [1.165, 1.54) is 19.3 Å². The van der Waals surface area contributed by atoms with E-state index < -0.39 is 6.10 Å². The molecule has 0 bridgehead atoms. The lowest BCUT2D eigenvalue weighted by atomic mass is 9.89. The SMILES string of the molecule is COCC(C)OCC(O)CN1CCCC(C(C)C)CC1. The number of likely N-dealkylation sites (tertiary alicyclic amines) is 1. The van der Waals surface area contributed by atoms with Crippen LogP contribution in [0.2, 0.25) is 0 Å². The molecule has 0 aromatic heterocycles. The van der Waals surface area contributed by atoms with Crippen molar-refractivity contribution in [2.45, 2.75) is 52.2 Å². The van der Waals surface area contributed by atoms with Crippen molar-refractivity contribution in [1.82, 2.24) is 4.90 Å². The van der Waals surface area contributed by atoms with Gasteiger partial charge in [-0.1, -0.05) is 13.8 Å². The van der Waals surface area contributed by atoms with E-state index in [1.54, 1.807) is 7.11 Å². The van der Waals surface area contributed by atoms with Gasteiger partial charge < -0.3 is 19.5 Å². The third kappa shape index (κ3) is 7.02. The molecule has 1 heterocycles. The highest BCUT2D eigenvalue weighted by Crippen LogP contribution is 2.24. The maximum Gasteiger partial charge on any atom is 0.0900 e. The molecule has 1 rings (SSSR count). The fourth-order valence-corrected chi connectivity index (χ4v) is 2.94. The van der Waals surface area contributed by atoms with Crippen LogP contribution in [0.25, 0.3) is 0 Å². The fourth-order valence-electron chi connectivity index (χ4n) is 2.94. The monoisotopic (exact) mass is 287 g/mol. The summed E-state index contributed by atoms with van der Waals surface area (Å²) in [6.45, 7) is 10.5. The molecule has 1 aliphatic rings. The van der Waals surface area contributed by atoms with Gasteiger partial charge in [0.15, 0.2) is 0 Å². The average molecular weight is 287 g/mol. The van der Waals surface area contributed by atoms with Crippen LogP contribution in [0.5, 0.6) is 0 Å².